The van der Waals surface area contributed by atoms with E-state index in [2.05, 4.69) is 15.5 Å². The van der Waals surface area contributed by atoms with Crippen molar-refractivity contribution in [2.24, 2.45) is 0 Å². The van der Waals surface area contributed by atoms with Crippen LogP contribution in [0.4, 0.5) is 4.39 Å². The number of piperazine rings is 1. The van der Waals surface area contributed by atoms with Crippen molar-refractivity contribution in [2.75, 3.05) is 47.5 Å². The number of nitrogens with one attached hydrogen (secondary N) is 2. The van der Waals surface area contributed by atoms with Crippen LogP contribution in [0.1, 0.15) is 11.1 Å². The molecule has 1 atom stereocenters. The van der Waals surface area contributed by atoms with Crippen LogP contribution in [0.25, 0.3) is 0 Å². The molecule has 1 heterocycles. The molecule has 0 saturated carbocycles. The Hall–Kier alpha value is -2.84. The topological polar surface area (TPSA) is 72.1 Å². The molecule has 0 aromatic heterocycles. The molecule has 8 heteroatoms. The van der Waals surface area contributed by atoms with Gasteiger partial charge in [0, 0.05) is 38.8 Å². The highest BCUT2D eigenvalue weighted by Gasteiger charge is 2.25. The van der Waals surface area contributed by atoms with Crippen molar-refractivity contribution in [2.45, 2.75) is 19.0 Å². The molecule has 1 aliphatic heterocycles. The average Bonchev–Trinajstić information content (AvgIpc) is 2.79. The number of nitrogens with zero attached hydrogens (tertiary/aromatic N) is 1. The largest absolute Gasteiger partial charge is 0.497 e. The van der Waals surface area contributed by atoms with Gasteiger partial charge < -0.3 is 24.8 Å². The van der Waals surface area contributed by atoms with E-state index in [1.54, 1.807) is 20.3 Å². The second-order valence-electron chi connectivity index (χ2n) is 7.47. The first-order chi connectivity index (χ1) is 15.0. The lowest BCUT2D eigenvalue weighted by molar-refractivity contribution is -0.124. The first-order valence-electron chi connectivity index (χ1n) is 10.3. The highest BCUT2D eigenvalue weighted by atomic mass is 19.1. The van der Waals surface area contributed by atoms with E-state index in [0.29, 0.717) is 32.6 Å². The zero-order valence-corrected chi connectivity index (χ0v) is 18.2. The maximum Gasteiger partial charge on any atom is 0.238 e. The van der Waals surface area contributed by atoms with Crippen molar-refractivity contribution < 1.29 is 23.4 Å². The van der Waals surface area contributed by atoms with E-state index in [0.717, 1.165) is 29.2 Å². The number of amides is 1. The summed E-state index contributed by atoms with van der Waals surface area (Å²) in [5.41, 5.74) is 1.88. The summed E-state index contributed by atoms with van der Waals surface area (Å²) in [6, 6.07) is 10.3. The van der Waals surface area contributed by atoms with Gasteiger partial charge in [0.05, 0.1) is 27.4 Å². The van der Waals surface area contributed by atoms with Crippen molar-refractivity contribution in [1.29, 1.82) is 0 Å². The van der Waals surface area contributed by atoms with Gasteiger partial charge in [0.15, 0.2) is 11.6 Å². The van der Waals surface area contributed by atoms with Crippen molar-refractivity contribution in [3.63, 3.8) is 0 Å². The highest BCUT2D eigenvalue weighted by Crippen LogP contribution is 2.22. The van der Waals surface area contributed by atoms with Gasteiger partial charge in [0.2, 0.25) is 5.91 Å². The molecule has 2 N–H and O–H groups in total. The molecule has 1 aliphatic rings. The summed E-state index contributed by atoms with van der Waals surface area (Å²) in [6.07, 6.45) is 0.668. The smallest absolute Gasteiger partial charge is 0.238 e. The number of hydrogen-bond donors (Lipinski definition) is 2. The Morgan fingerprint density at radius 3 is 2.48 bits per heavy atom. The summed E-state index contributed by atoms with van der Waals surface area (Å²) in [4.78, 5) is 14.8. The van der Waals surface area contributed by atoms with E-state index in [4.69, 9.17) is 14.2 Å². The summed E-state index contributed by atoms with van der Waals surface area (Å²) < 4.78 is 29.5. The van der Waals surface area contributed by atoms with Crippen molar-refractivity contribution in [3.05, 3.63) is 53.3 Å². The number of hydrogen-bond acceptors (Lipinski definition) is 6. The minimum atomic E-state index is -0.376. The van der Waals surface area contributed by atoms with Crippen LogP contribution >= 0.6 is 0 Å². The first-order valence-corrected chi connectivity index (χ1v) is 10.3. The summed E-state index contributed by atoms with van der Waals surface area (Å²) >= 11 is 0. The molecule has 168 valence electrons. The van der Waals surface area contributed by atoms with Crippen molar-refractivity contribution >= 4 is 5.91 Å². The van der Waals surface area contributed by atoms with E-state index < -0.39 is 0 Å². The van der Waals surface area contributed by atoms with Gasteiger partial charge >= 0.3 is 0 Å². The molecule has 0 aliphatic carbocycles. The van der Waals surface area contributed by atoms with Gasteiger partial charge in [-0.3, -0.25) is 9.69 Å². The molecule has 2 aromatic rings. The summed E-state index contributed by atoms with van der Waals surface area (Å²) in [5.74, 6) is 1.26. The van der Waals surface area contributed by atoms with Crippen LogP contribution in [0.2, 0.25) is 0 Å². The lowest BCUT2D eigenvalue weighted by Crippen LogP contribution is -2.56. The van der Waals surface area contributed by atoms with E-state index in [1.165, 1.54) is 13.2 Å². The van der Waals surface area contributed by atoms with Crippen LogP contribution in [0.15, 0.2) is 36.4 Å². The lowest BCUT2D eigenvalue weighted by Gasteiger charge is -2.33. The molecule has 1 unspecified atom stereocenters. The Balaban J connectivity index is 1.50. The molecule has 1 saturated heterocycles. The SMILES string of the molecule is COc1cc(CCNC(=O)C2CN(Cc3ccc(OC)c(F)c3)CCN2)cc(OC)c1. The Bertz CT molecular complexity index is 871. The fraction of sp³-hybridized carbons (Fsp3) is 0.435. The minimum Gasteiger partial charge on any atom is -0.497 e. The number of ether oxygens (including phenoxy) is 3. The summed E-state index contributed by atoms with van der Waals surface area (Å²) in [5, 5.41) is 6.26. The standard InChI is InChI=1S/C23H30FN3O4/c1-29-18-10-16(11-19(13-18)30-2)6-7-26-23(28)21-15-27(9-8-25-21)14-17-4-5-22(31-3)20(24)12-17/h4-5,10-13,21,25H,6-9,14-15H2,1-3H3,(H,26,28). The zero-order valence-electron chi connectivity index (χ0n) is 18.2. The molecular weight excluding hydrogens is 401 g/mol. The van der Waals surface area contributed by atoms with Crippen LogP contribution < -0.4 is 24.8 Å². The predicted molar refractivity (Wildman–Crippen MR) is 116 cm³/mol. The summed E-state index contributed by atoms with van der Waals surface area (Å²) in [6.45, 7) is 3.14. The predicted octanol–water partition coefficient (Wildman–Crippen LogP) is 1.98. The quantitative estimate of drug-likeness (QED) is 0.633. The lowest BCUT2D eigenvalue weighted by atomic mass is 10.1. The maximum atomic E-state index is 13.9. The van der Waals surface area contributed by atoms with Crippen LogP contribution in [0.5, 0.6) is 17.2 Å². The number of methoxy groups -OCH3 is 3. The Labute approximate surface area is 182 Å². The van der Waals surface area contributed by atoms with Gasteiger partial charge in [-0.1, -0.05) is 6.07 Å². The van der Waals surface area contributed by atoms with Gasteiger partial charge in [-0.25, -0.2) is 4.39 Å². The molecule has 0 bridgehead atoms. The molecule has 0 radical (unpaired) electrons. The number of carbonyl (C=O) groups excluding carboxylic acids is 1. The highest BCUT2D eigenvalue weighted by molar-refractivity contribution is 5.82. The van der Waals surface area contributed by atoms with Crippen molar-refractivity contribution in [3.8, 4) is 17.2 Å². The average molecular weight is 432 g/mol. The Morgan fingerprint density at radius 2 is 1.84 bits per heavy atom. The van der Waals surface area contributed by atoms with E-state index in [1.807, 2.05) is 24.3 Å². The molecule has 3 rings (SSSR count). The van der Waals surface area contributed by atoms with Gasteiger partial charge in [-0.15, -0.1) is 0 Å². The van der Waals surface area contributed by atoms with Crippen LogP contribution in [-0.4, -0.2) is 64.4 Å². The number of carbonyl (C=O) groups is 1. The third-order valence-electron chi connectivity index (χ3n) is 5.32. The fourth-order valence-corrected chi connectivity index (χ4v) is 3.66. The zero-order chi connectivity index (χ0) is 22.2. The van der Waals surface area contributed by atoms with E-state index >= 15 is 0 Å². The maximum absolute atomic E-state index is 13.9. The molecule has 31 heavy (non-hydrogen) atoms. The van der Waals surface area contributed by atoms with Crippen molar-refractivity contribution in [1.82, 2.24) is 15.5 Å². The van der Waals surface area contributed by atoms with Crippen LogP contribution in [0, 0.1) is 5.82 Å². The molecule has 1 amide bonds. The Kier molecular flexibility index (Phi) is 8.08. The van der Waals surface area contributed by atoms with E-state index in [9.17, 15) is 9.18 Å². The Morgan fingerprint density at radius 1 is 1.10 bits per heavy atom. The fourth-order valence-electron chi connectivity index (χ4n) is 3.66. The third-order valence-corrected chi connectivity index (χ3v) is 5.32. The molecule has 1 fully saturated rings. The van der Waals surface area contributed by atoms with Gasteiger partial charge in [-0.05, 0) is 41.8 Å². The second-order valence-corrected chi connectivity index (χ2v) is 7.47. The first kappa shape index (κ1) is 22.8. The van der Waals surface area contributed by atoms with Crippen LogP contribution in [-0.2, 0) is 17.8 Å². The molecule has 0 spiro atoms. The van der Waals surface area contributed by atoms with Gasteiger partial charge in [0.1, 0.15) is 11.5 Å². The van der Waals surface area contributed by atoms with Gasteiger partial charge in [0.25, 0.3) is 0 Å². The monoisotopic (exact) mass is 431 g/mol. The van der Waals surface area contributed by atoms with Gasteiger partial charge in [-0.2, -0.15) is 0 Å². The van der Waals surface area contributed by atoms with Crippen LogP contribution in [0.3, 0.4) is 0 Å². The normalized spacial score (nSPS) is 16.6. The molecule has 2 aromatic carbocycles. The molecular formula is C23H30FN3O4. The summed E-state index contributed by atoms with van der Waals surface area (Å²) in [7, 11) is 4.67. The minimum absolute atomic E-state index is 0.0412. The molecule has 7 nitrogen and oxygen atoms in total. The third kappa shape index (κ3) is 6.32. The number of rotatable bonds is 9. The second kappa shape index (κ2) is 11.0. The number of halogens is 1. The number of benzene rings is 2. The van der Waals surface area contributed by atoms with E-state index in [-0.39, 0.29) is 23.5 Å².